The number of benzene rings is 2. The minimum Gasteiger partial charge on any atom is -0.481 e. The molecule has 3 rings (SSSR count). The largest absolute Gasteiger partial charge is 0.481 e. The Morgan fingerprint density at radius 2 is 1.68 bits per heavy atom. The molecule has 0 bridgehead atoms. The summed E-state index contributed by atoms with van der Waals surface area (Å²) in [5, 5.41) is 11.6. The molecule has 2 N–H and O–H groups in total. The molecule has 1 atom stereocenters. The van der Waals surface area contributed by atoms with Crippen molar-refractivity contribution < 1.29 is 24.2 Å². The van der Waals surface area contributed by atoms with E-state index in [1.165, 1.54) is 4.90 Å². The summed E-state index contributed by atoms with van der Waals surface area (Å²) in [6.07, 6.45) is -0.0779. The summed E-state index contributed by atoms with van der Waals surface area (Å²) in [6.45, 7) is 4.17. The van der Waals surface area contributed by atoms with Gasteiger partial charge in [-0.15, -0.1) is 11.8 Å². The summed E-state index contributed by atoms with van der Waals surface area (Å²) in [7, 11) is 0. The fourth-order valence-electron chi connectivity index (χ4n) is 4.24. The third-order valence-corrected chi connectivity index (χ3v) is 5.82. The highest BCUT2D eigenvalue weighted by molar-refractivity contribution is 5.86. The van der Waals surface area contributed by atoms with Gasteiger partial charge in [0.05, 0.1) is 6.42 Å². The smallest absolute Gasteiger partial charge is 0.407 e. The quantitative estimate of drug-likeness (QED) is 0.520. The van der Waals surface area contributed by atoms with E-state index in [1.54, 1.807) is 6.92 Å². The van der Waals surface area contributed by atoms with Gasteiger partial charge in [0.1, 0.15) is 12.6 Å². The van der Waals surface area contributed by atoms with Crippen molar-refractivity contribution >= 4 is 18.0 Å². The maximum Gasteiger partial charge on any atom is 0.407 e. The normalized spacial score (nSPS) is 12.5. The lowest BCUT2D eigenvalue weighted by Gasteiger charge is -2.26. The first-order valence-corrected chi connectivity index (χ1v) is 11.5. The first-order chi connectivity index (χ1) is 16.5. The second kappa shape index (κ2) is 11.9. The number of rotatable bonds is 10. The third-order valence-electron chi connectivity index (χ3n) is 5.82. The van der Waals surface area contributed by atoms with Crippen molar-refractivity contribution in [2.45, 2.75) is 45.1 Å². The fraction of sp³-hybridized carbons (Fsp3) is 0.370. The maximum atomic E-state index is 13.1. The summed E-state index contributed by atoms with van der Waals surface area (Å²) in [4.78, 5) is 38.2. The fourth-order valence-corrected chi connectivity index (χ4v) is 4.24. The van der Waals surface area contributed by atoms with Crippen LogP contribution in [0.25, 0.3) is 11.1 Å². The van der Waals surface area contributed by atoms with E-state index in [2.05, 4.69) is 29.3 Å². The highest BCUT2D eigenvalue weighted by atomic mass is 16.5. The number of amides is 2. The number of aliphatic carboxylic acids is 1. The lowest BCUT2D eigenvalue weighted by atomic mass is 9.98. The van der Waals surface area contributed by atoms with E-state index in [1.807, 2.05) is 43.3 Å². The van der Waals surface area contributed by atoms with Crippen molar-refractivity contribution in [1.82, 2.24) is 10.2 Å². The lowest BCUT2D eigenvalue weighted by molar-refractivity contribution is -0.139. The Labute approximate surface area is 200 Å². The number of carboxylic acid groups (broad SMARTS) is 1. The Bertz CT molecular complexity index is 1060. The molecule has 7 nitrogen and oxygen atoms in total. The molecule has 1 aliphatic rings. The summed E-state index contributed by atoms with van der Waals surface area (Å²) < 4.78 is 5.58. The summed E-state index contributed by atoms with van der Waals surface area (Å²) >= 11 is 0. The van der Waals surface area contributed by atoms with Gasteiger partial charge in [-0.3, -0.25) is 9.59 Å². The molecule has 0 saturated heterocycles. The van der Waals surface area contributed by atoms with E-state index in [0.717, 1.165) is 22.3 Å². The van der Waals surface area contributed by atoms with E-state index in [9.17, 15) is 14.4 Å². The maximum absolute atomic E-state index is 13.1. The van der Waals surface area contributed by atoms with Crippen molar-refractivity contribution in [3.63, 3.8) is 0 Å². The first kappa shape index (κ1) is 24.8. The van der Waals surface area contributed by atoms with Gasteiger partial charge in [0.25, 0.3) is 0 Å². The Morgan fingerprint density at radius 1 is 1.06 bits per heavy atom. The lowest BCUT2D eigenvalue weighted by Crippen LogP contribution is -2.49. The van der Waals surface area contributed by atoms with E-state index in [0.29, 0.717) is 13.0 Å². The molecule has 0 aromatic heterocycles. The molecule has 7 heteroatoms. The van der Waals surface area contributed by atoms with Crippen LogP contribution in [0.3, 0.4) is 0 Å². The Hall–Kier alpha value is -3.79. The van der Waals surface area contributed by atoms with Gasteiger partial charge in [0.15, 0.2) is 0 Å². The number of ether oxygens (including phenoxy) is 1. The van der Waals surface area contributed by atoms with Gasteiger partial charge < -0.3 is 20.1 Å². The number of alkyl carbamates (subject to hydrolysis) is 1. The van der Waals surface area contributed by atoms with Crippen LogP contribution in [0.1, 0.15) is 50.2 Å². The van der Waals surface area contributed by atoms with Crippen molar-refractivity contribution in [2.24, 2.45) is 0 Å². The number of carbonyl (C=O) groups is 3. The Morgan fingerprint density at radius 3 is 2.24 bits per heavy atom. The van der Waals surface area contributed by atoms with Crippen molar-refractivity contribution in [3.8, 4) is 23.0 Å². The number of hydrogen-bond acceptors (Lipinski definition) is 4. The number of nitrogens with zero attached hydrogens (tertiary/aromatic N) is 1. The molecule has 0 fully saturated rings. The van der Waals surface area contributed by atoms with Crippen LogP contribution < -0.4 is 5.32 Å². The number of carboxylic acids is 1. The van der Waals surface area contributed by atoms with Gasteiger partial charge in [-0.1, -0.05) is 55.5 Å². The van der Waals surface area contributed by atoms with Crippen molar-refractivity contribution in [3.05, 3.63) is 59.7 Å². The molecular formula is C27H30N2O5. The predicted molar refractivity (Wildman–Crippen MR) is 129 cm³/mol. The zero-order chi connectivity index (χ0) is 24.5. The van der Waals surface area contributed by atoms with Crippen LogP contribution in [0.15, 0.2) is 48.5 Å². The van der Waals surface area contributed by atoms with Crippen LogP contribution in [0.2, 0.25) is 0 Å². The molecule has 2 aromatic carbocycles. The van der Waals surface area contributed by atoms with Crippen molar-refractivity contribution in [2.75, 3.05) is 19.7 Å². The number of carbonyl (C=O) groups excluding carboxylic acids is 2. The van der Waals surface area contributed by atoms with Crippen LogP contribution in [0.4, 0.5) is 4.79 Å². The van der Waals surface area contributed by atoms with Gasteiger partial charge in [-0.25, -0.2) is 4.79 Å². The van der Waals surface area contributed by atoms with E-state index >= 15 is 0 Å². The molecule has 0 spiro atoms. The van der Waals surface area contributed by atoms with Gasteiger partial charge in [-0.2, -0.15) is 0 Å². The zero-order valence-corrected chi connectivity index (χ0v) is 19.5. The molecule has 34 heavy (non-hydrogen) atoms. The average Bonchev–Trinajstić information content (AvgIpc) is 3.16. The minimum atomic E-state index is -0.983. The minimum absolute atomic E-state index is 0.0738. The molecule has 2 aromatic rings. The van der Waals surface area contributed by atoms with E-state index < -0.39 is 18.1 Å². The summed E-state index contributed by atoms with van der Waals surface area (Å²) in [5.41, 5.74) is 4.46. The van der Waals surface area contributed by atoms with Crippen LogP contribution >= 0.6 is 0 Å². The van der Waals surface area contributed by atoms with Crippen molar-refractivity contribution in [1.29, 1.82) is 0 Å². The molecular weight excluding hydrogens is 432 g/mol. The molecule has 178 valence electrons. The molecule has 0 heterocycles. The van der Waals surface area contributed by atoms with Crippen LogP contribution in [0.5, 0.6) is 0 Å². The third kappa shape index (κ3) is 5.96. The van der Waals surface area contributed by atoms with E-state index in [-0.39, 0.29) is 37.8 Å². The Kier molecular flexibility index (Phi) is 8.69. The van der Waals surface area contributed by atoms with Gasteiger partial charge >= 0.3 is 12.1 Å². The van der Waals surface area contributed by atoms with Crippen LogP contribution in [-0.2, 0) is 14.3 Å². The second-order valence-corrected chi connectivity index (χ2v) is 8.12. The molecule has 2 amide bonds. The highest BCUT2D eigenvalue weighted by Crippen LogP contribution is 2.44. The highest BCUT2D eigenvalue weighted by Gasteiger charge is 2.30. The summed E-state index contributed by atoms with van der Waals surface area (Å²) in [5.74, 6) is 4.14. The second-order valence-electron chi connectivity index (χ2n) is 8.12. The topological polar surface area (TPSA) is 95.9 Å². The summed E-state index contributed by atoms with van der Waals surface area (Å²) in [6, 6.07) is 15.2. The molecule has 1 aliphatic carbocycles. The molecule has 0 saturated carbocycles. The van der Waals surface area contributed by atoms with Gasteiger partial charge in [0, 0.05) is 25.4 Å². The average molecular weight is 463 g/mol. The Balaban J connectivity index is 1.68. The first-order valence-electron chi connectivity index (χ1n) is 11.5. The molecule has 1 unspecified atom stereocenters. The standard InChI is InChI=1S/C27H30N2O5/c1-3-5-14-24(26(32)29(16-4-2)17-15-25(30)31)28-27(33)34-18-23-21-12-8-6-10-19(21)20-11-7-9-13-22(20)23/h6-13,23-24H,4,14-18H2,1-2H3,(H,28,33)(H,30,31). The number of hydrogen-bond donors (Lipinski definition) is 2. The zero-order valence-electron chi connectivity index (χ0n) is 19.5. The van der Waals surface area contributed by atoms with Crippen LogP contribution in [0, 0.1) is 11.8 Å². The molecule has 0 aliphatic heterocycles. The monoisotopic (exact) mass is 462 g/mol. The van der Waals surface area contributed by atoms with Crippen LogP contribution in [-0.4, -0.2) is 53.7 Å². The predicted octanol–water partition coefficient (Wildman–Crippen LogP) is 4.02. The van der Waals surface area contributed by atoms with Gasteiger partial charge in [-0.05, 0) is 35.6 Å². The SMILES string of the molecule is CC#CCC(NC(=O)OCC1c2ccccc2-c2ccccc21)C(=O)N(CCC)CCC(=O)O. The molecule has 0 radical (unpaired) electrons. The van der Waals surface area contributed by atoms with E-state index in [4.69, 9.17) is 9.84 Å². The number of fused-ring (bicyclic) bond motifs is 3. The number of nitrogens with one attached hydrogen (secondary N) is 1. The van der Waals surface area contributed by atoms with Gasteiger partial charge in [0.2, 0.25) is 5.91 Å².